The van der Waals surface area contributed by atoms with Crippen molar-refractivity contribution in [1.29, 1.82) is 0 Å². The van der Waals surface area contributed by atoms with Crippen LogP contribution in [-0.4, -0.2) is 104 Å². The van der Waals surface area contributed by atoms with Crippen molar-refractivity contribution < 1.29 is 38.8 Å². The number of oxime groups is 1. The van der Waals surface area contributed by atoms with Crippen molar-refractivity contribution in [3.63, 3.8) is 0 Å². The summed E-state index contributed by atoms with van der Waals surface area (Å²) in [6.45, 7) is 8.37. The molecular formula is C45H57N3O8. The molecule has 7 rings (SSSR count). The van der Waals surface area contributed by atoms with Gasteiger partial charge in [-0.1, -0.05) is 72.6 Å². The Balaban J connectivity index is 1.42. The van der Waals surface area contributed by atoms with Crippen molar-refractivity contribution in [2.45, 2.75) is 69.2 Å². The van der Waals surface area contributed by atoms with Crippen molar-refractivity contribution in [3.05, 3.63) is 96.1 Å². The van der Waals surface area contributed by atoms with E-state index in [1.807, 2.05) is 36.4 Å². The number of aliphatic hydroxyl groups is 2. The minimum absolute atomic E-state index is 0.114. The first-order valence-corrected chi connectivity index (χ1v) is 20.2. The van der Waals surface area contributed by atoms with E-state index in [4.69, 9.17) is 23.8 Å². The highest BCUT2D eigenvalue weighted by Gasteiger charge is 2.65. The van der Waals surface area contributed by atoms with Gasteiger partial charge in [0.15, 0.2) is 0 Å². The molecule has 3 aromatic carbocycles. The third kappa shape index (κ3) is 8.18. The smallest absolute Gasteiger partial charge is 0.410 e. The largest absolute Gasteiger partial charge is 0.492 e. The molecule has 300 valence electrons. The number of carbonyl (C=O) groups is 1. The zero-order valence-corrected chi connectivity index (χ0v) is 32.8. The van der Waals surface area contributed by atoms with Crippen LogP contribution in [0.2, 0.25) is 0 Å². The van der Waals surface area contributed by atoms with Crippen LogP contribution in [0.3, 0.4) is 0 Å². The molecule has 2 aliphatic carbocycles. The van der Waals surface area contributed by atoms with Crippen molar-refractivity contribution in [2.75, 3.05) is 60.3 Å². The first kappa shape index (κ1) is 39.8. The van der Waals surface area contributed by atoms with Crippen LogP contribution in [0.1, 0.15) is 62.0 Å². The zero-order chi connectivity index (χ0) is 39.1. The van der Waals surface area contributed by atoms with E-state index in [1.54, 1.807) is 18.1 Å². The number of hydrogen-bond donors (Lipinski definition) is 2. The molecule has 2 fully saturated rings. The number of carbonyl (C=O) groups excluding carboxylic acids is 1. The van der Waals surface area contributed by atoms with Gasteiger partial charge in [-0.05, 0) is 77.6 Å². The molecule has 3 aromatic rings. The summed E-state index contributed by atoms with van der Waals surface area (Å²) >= 11 is 0. The van der Waals surface area contributed by atoms with Crippen LogP contribution in [0.5, 0.6) is 11.5 Å². The molecule has 11 nitrogen and oxygen atoms in total. The lowest BCUT2D eigenvalue weighted by molar-refractivity contribution is -0.256. The highest BCUT2D eigenvalue weighted by molar-refractivity contribution is 6.03. The number of aliphatic hydroxyl groups excluding tert-OH is 2. The summed E-state index contributed by atoms with van der Waals surface area (Å²) in [4.78, 5) is 23.9. The molecule has 56 heavy (non-hydrogen) atoms. The Labute approximate surface area is 330 Å². The number of rotatable bonds is 19. The summed E-state index contributed by atoms with van der Waals surface area (Å²) in [5.74, 6) is -0.219. The fourth-order valence-corrected chi connectivity index (χ4v) is 9.47. The van der Waals surface area contributed by atoms with E-state index in [0.29, 0.717) is 25.2 Å². The predicted molar refractivity (Wildman–Crippen MR) is 216 cm³/mol. The average molecular weight is 768 g/mol. The minimum atomic E-state index is -1.38. The summed E-state index contributed by atoms with van der Waals surface area (Å²) in [5, 5.41) is 26.5. The molecule has 2 heterocycles. The Morgan fingerprint density at radius 1 is 1.04 bits per heavy atom. The first-order chi connectivity index (χ1) is 27.5. The van der Waals surface area contributed by atoms with Gasteiger partial charge in [0, 0.05) is 50.8 Å². The van der Waals surface area contributed by atoms with Gasteiger partial charge in [-0.25, -0.2) is 4.79 Å². The van der Waals surface area contributed by atoms with E-state index < -0.39 is 23.8 Å². The Bertz CT molecular complexity index is 1890. The van der Waals surface area contributed by atoms with Gasteiger partial charge in [0.05, 0.1) is 31.9 Å². The molecule has 11 heteroatoms. The van der Waals surface area contributed by atoms with Gasteiger partial charge in [-0.15, -0.1) is 6.58 Å². The van der Waals surface area contributed by atoms with Crippen LogP contribution in [-0.2, 0) is 20.9 Å². The topological polar surface area (TPSA) is 122 Å². The second-order valence-electron chi connectivity index (χ2n) is 15.4. The third-order valence-corrected chi connectivity index (χ3v) is 12.1. The molecule has 1 saturated carbocycles. The number of unbranched alkanes of at least 4 members (excludes halogenated alkanes) is 2. The lowest BCUT2D eigenvalue weighted by atomic mass is 9.55. The van der Waals surface area contributed by atoms with E-state index in [0.717, 1.165) is 84.3 Å². The van der Waals surface area contributed by atoms with Gasteiger partial charge in [-0.2, -0.15) is 0 Å². The molecule has 1 saturated heterocycles. The fraction of sp³-hybridized carbons (Fsp3) is 0.511. The van der Waals surface area contributed by atoms with Gasteiger partial charge in [0.1, 0.15) is 31.3 Å². The maximum Gasteiger partial charge on any atom is 0.410 e. The molecule has 0 aromatic heterocycles. The van der Waals surface area contributed by atoms with Crippen molar-refractivity contribution in [2.24, 2.45) is 22.9 Å². The number of ether oxygens (including phenoxy) is 4. The normalized spacial score (nSPS) is 25.8. The highest BCUT2D eigenvalue weighted by atomic mass is 16.7. The molecule has 0 radical (unpaired) electrons. The van der Waals surface area contributed by atoms with Gasteiger partial charge >= 0.3 is 6.09 Å². The van der Waals surface area contributed by atoms with Gasteiger partial charge < -0.3 is 34.0 Å². The van der Waals surface area contributed by atoms with Crippen molar-refractivity contribution >= 4 is 22.6 Å². The monoisotopic (exact) mass is 767 g/mol. The van der Waals surface area contributed by atoms with Gasteiger partial charge in [0.25, 0.3) is 0 Å². The van der Waals surface area contributed by atoms with Crippen LogP contribution in [0.25, 0.3) is 10.8 Å². The molecule has 1 amide bonds. The fourth-order valence-electron chi connectivity index (χ4n) is 9.47. The maximum atomic E-state index is 14.3. The van der Waals surface area contributed by atoms with Crippen LogP contribution in [0.15, 0.2) is 90.1 Å². The quantitative estimate of drug-likeness (QED) is 0.0571. The van der Waals surface area contributed by atoms with Crippen LogP contribution < -0.4 is 9.47 Å². The molecular weight excluding hydrogens is 711 g/mol. The van der Waals surface area contributed by atoms with Crippen LogP contribution in [0.4, 0.5) is 4.79 Å². The average Bonchev–Trinajstić information content (AvgIpc) is 4.05. The summed E-state index contributed by atoms with van der Waals surface area (Å²) in [5.41, 5.74) is 3.71. The number of methoxy groups -OCH3 is 1. The standard InChI is InChI=1S/C45H57N3O8/c1-4-25-55-45-41(48(44(51)52-2)30-33-15-11-14-31-12-5-6-16-35(31)33)29-39(46-53-3)37-27-32(13-7-9-23-49)36(17-8-10-24-50)42(43(37)45)38-28-34(18-19-40(38)56-45)54-26-22-47-20-21-47/h4-6,11-12,14-16,18-19,27-28,32,36,41-43,49-50H,1,7-10,13,17,20-26,29-30H2,2-3H3/t32-,36+,41-,42+,43+,45+/m0/s1. The number of fused-ring (bicyclic) bond motifs is 3. The molecule has 2 N–H and O–H groups in total. The highest BCUT2D eigenvalue weighted by Crippen LogP contribution is 2.62. The summed E-state index contributed by atoms with van der Waals surface area (Å²) in [7, 11) is 2.96. The lowest BCUT2D eigenvalue weighted by Gasteiger charge is -2.59. The molecule has 2 aliphatic heterocycles. The number of allylic oxidation sites excluding steroid dienone is 1. The Morgan fingerprint density at radius 2 is 1.82 bits per heavy atom. The van der Waals surface area contributed by atoms with E-state index in [1.165, 1.54) is 7.11 Å². The Morgan fingerprint density at radius 3 is 2.57 bits per heavy atom. The van der Waals surface area contributed by atoms with E-state index >= 15 is 0 Å². The van der Waals surface area contributed by atoms with Crippen molar-refractivity contribution in [1.82, 2.24) is 9.80 Å². The predicted octanol–water partition coefficient (Wildman–Crippen LogP) is 7.07. The van der Waals surface area contributed by atoms with E-state index in [9.17, 15) is 15.0 Å². The number of hydrogen-bond acceptors (Lipinski definition) is 10. The van der Waals surface area contributed by atoms with Gasteiger partial charge in [-0.3, -0.25) is 9.80 Å². The number of amides is 1. The van der Waals surface area contributed by atoms with Crippen molar-refractivity contribution in [3.8, 4) is 11.5 Å². The second kappa shape index (κ2) is 18.2. The molecule has 0 bridgehead atoms. The molecule has 6 atom stereocenters. The second-order valence-corrected chi connectivity index (χ2v) is 15.4. The maximum absolute atomic E-state index is 14.3. The Hall–Kier alpha value is -4.42. The summed E-state index contributed by atoms with van der Waals surface area (Å²) < 4.78 is 26.3. The zero-order valence-electron chi connectivity index (χ0n) is 32.8. The molecule has 0 unspecified atom stereocenters. The summed E-state index contributed by atoms with van der Waals surface area (Å²) in [6.07, 6.45) is 8.67. The SMILES string of the molecule is C=CCO[C@@]12Oc3ccc(OCCN4CC4)cc3[C@H]3[C@H](CCCCO)[C@@H](CCCCO)C=C(C(=NOC)C[C@@H]1N(Cc1cccc4ccccc14)C(=O)OC)[C@H]32. The third-order valence-electron chi connectivity index (χ3n) is 12.1. The van der Waals surface area contributed by atoms with E-state index in [2.05, 4.69) is 47.0 Å². The number of nitrogens with zero attached hydrogens (tertiary/aromatic N) is 3. The van der Waals surface area contributed by atoms with E-state index in [-0.39, 0.29) is 50.5 Å². The molecule has 4 aliphatic rings. The van der Waals surface area contributed by atoms with Crippen LogP contribution >= 0.6 is 0 Å². The first-order valence-electron chi connectivity index (χ1n) is 20.2. The summed E-state index contributed by atoms with van der Waals surface area (Å²) in [6, 6.07) is 19.7. The Kier molecular flexibility index (Phi) is 13.0. The minimum Gasteiger partial charge on any atom is -0.492 e. The lowest BCUT2D eigenvalue weighted by Crippen LogP contribution is -2.70. The van der Waals surface area contributed by atoms with Crippen LogP contribution in [0, 0.1) is 17.8 Å². The van der Waals surface area contributed by atoms with Gasteiger partial charge in [0.2, 0.25) is 5.79 Å². The molecule has 0 spiro atoms. The number of benzene rings is 3.